The highest BCUT2D eigenvalue weighted by Crippen LogP contribution is 2.24. The molecule has 0 radical (unpaired) electrons. The number of rotatable bonds is 6. The molecule has 7 heteroatoms. The van der Waals surface area contributed by atoms with E-state index >= 15 is 0 Å². The third-order valence-corrected chi connectivity index (χ3v) is 5.05. The molecule has 0 aliphatic carbocycles. The largest absolute Gasteiger partial charge is 0.465 e. The Hall–Kier alpha value is -2.38. The van der Waals surface area contributed by atoms with Crippen molar-refractivity contribution in [2.75, 3.05) is 32.8 Å². The molecule has 2 aromatic rings. The van der Waals surface area contributed by atoms with Gasteiger partial charge in [0, 0.05) is 32.3 Å². The van der Waals surface area contributed by atoms with E-state index in [0.29, 0.717) is 42.3 Å². The highest BCUT2D eigenvalue weighted by Gasteiger charge is 2.27. The fourth-order valence-electron chi connectivity index (χ4n) is 3.65. The van der Waals surface area contributed by atoms with Gasteiger partial charge in [-0.1, -0.05) is 0 Å². The lowest BCUT2D eigenvalue weighted by atomic mass is 10.1. The number of aromatic amines is 1. The van der Waals surface area contributed by atoms with Crippen molar-refractivity contribution in [3.8, 4) is 0 Å². The molecule has 1 amide bonds. The Labute approximate surface area is 159 Å². The van der Waals surface area contributed by atoms with Gasteiger partial charge in [-0.2, -0.15) is 0 Å². The van der Waals surface area contributed by atoms with Crippen LogP contribution < -0.4 is 5.32 Å². The van der Waals surface area contributed by atoms with E-state index in [1.165, 1.54) is 6.92 Å². The minimum Gasteiger partial charge on any atom is -0.465 e. The zero-order chi connectivity index (χ0) is 19.6. The van der Waals surface area contributed by atoms with Gasteiger partial charge >= 0.3 is 0 Å². The lowest BCUT2D eigenvalue weighted by Gasteiger charge is -2.33. The third kappa shape index (κ3) is 4.14. The van der Waals surface area contributed by atoms with Gasteiger partial charge in [-0.15, -0.1) is 0 Å². The summed E-state index contributed by atoms with van der Waals surface area (Å²) in [4.78, 5) is 29.8. The molecule has 0 unspecified atom stereocenters. The van der Waals surface area contributed by atoms with Crippen LogP contribution >= 0.6 is 0 Å². The predicted octanol–water partition coefficient (Wildman–Crippen LogP) is 2.54. The van der Waals surface area contributed by atoms with Crippen LogP contribution in [-0.4, -0.2) is 54.4 Å². The second-order valence-electron chi connectivity index (χ2n) is 7.00. The average Bonchev–Trinajstić information content (AvgIpc) is 3.19. The summed E-state index contributed by atoms with van der Waals surface area (Å²) in [6, 6.07) is 3.84. The summed E-state index contributed by atoms with van der Waals surface area (Å²) in [6.07, 6.45) is 0. The Morgan fingerprint density at radius 3 is 2.48 bits per heavy atom. The van der Waals surface area contributed by atoms with E-state index < -0.39 is 0 Å². The number of carbonyl (C=O) groups excluding carboxylic acids is 2. The van der Waals surface area contributed by atoms with Gasteiger partial charge in [-0.25, -0.2) is 0 Å². The number of Topliss-reactive ketones (excluding diaryl/α,β-unsaturated/α-hetero) is 1. The average molecular weight is 373 g/mol. The molecule has 2 N–H and O–H groups in total. The van der Waals surface area contributed by atoms with E-state index in [-0.39, 0.29) is 17.7 Å². The van der Waals surface area contributed by atoms with E-state index in [9.17, 15) is 9.59 Å². The lowest BCUT2D eigenvalue weighted by molar-refractivity contribution is 0.0117. The van der Waals surface area contributed by atoms with E-state index in [2.05, 4.69) is 15.2 Å². The molecule has 1 atom stereocenters. The first kappa shape index (κ1) is 19.4. The Bertz CT molecular complexity index is 830. The summed E-state index contributed by atoms with van der Waals surface area (Å²) >= 11 is 0. The molecule has 3 rings (SSSR count). The normalized spacial score (nSPS) is 16.3. The molecule has 1 aliphatic rings. The molecular formula is C20H27N3O4. The van der Waals surface area contributed by atoms with E-state index in [1.807, 2.05) is 26.0 Å². The first-order valence-electron chi connectivity index (χ1n) is 9.25. The fraction of sp³-hybridized carbons (Fsp3) is 0.500. The number of ketones is 1. The van der Waals surface area contributed by atoms with Crippen LogP contribution in [0.2, 0.25) is 0 Å². The van der Waals surface area contributed by atoms with Crippen molar-refractivity contribution < 1.29 is 18.7 Å². The Kier molecular flexibility index (Phi) is 5.82. The van der Waals surface area contributed by atoms with Crippen LogP contribution in [0.4, 0.5) is 0 Å². The number of hydrogen-bond acceptors (Lipinski definition) is 5. The second kappa shape index (κ2) is 8.10. The van der Waals surface area contributed by atoms with Gasteiger partial charge in [0.05, 0.1) is 30.5 Å². The summed E-state index contributed by atoms with van der Waals surface area (Å²) < 4.78 is 11.3. The molecular weight excluding hydrogens is 346 g/mol. The van der Waals surface area contributed by atoms with Crippen LogP contribution in [0.3, 0.4) is 0 Å². The van der Waals surface area contributed by atoms with Crippen molar-refractivity contribution >= 4 is 11.7 Å². The molecule has 0 saturated carbocycles. The quantitative estimate of drug-likeness (QED) is 0.760. The number of carbonyl (C=O) groups is 2. The number of nitrogens with one attached hydrogen (secondary N) is 2. The Morgan fingerprint density at radius 2 is 1.93 bits per heavy atom. The molecule has 7 nitrogen and oxygen atoms in total. The summed E-state index contributed by atoms with van der Waals surface area (Å²) in [7, 11) is 0. The van der Waals surface area contributed by atoms with Crippen LogP contribution in [0.5, 0.6) is 0 Å². The molecule has 1 aliphatic heterocycles. The number of H-pyrrole nitrogens is 1. The Balaban J connectivity index is 1.77. The molecule has 27 heavy (non-hydrogen) atoms. The molecule has 146 valence electrons. The SMILES string of the molecule is CC(=O)c1[nH]c(C)c(C(=O)NC[C@@H](c2ccc(C)o2)N2CCOCC2)c1C. The van der Waals surface area contributed by atoms with Crippen LogP contribution in [0, 0.1) is 20.8 Å². The number of morpholine rings is 1. The number of nitrogens with zero attached hydrogens (tertiary/aromatic N) is 1. The first-order valence-corrected chi connectivity index (χ1v) is 9.25. The number of hydrogen-bond donors (Lipinski definition) is 2. The molecule has 0 aromatic carbocycles. The highest BCUT2D eigenvalue weighted by atomic mass is 16.5. The smallest absolute Gasteiger partial charge is 0.253 e. The van der Waals surface area contributed by atoms with Crippen molar-refractivity contribution in [3.63, 3.8) is 0 Å². The minimum atomic E-state index is -0.185. The van der Waals surface area contributed by atoms with Crippen molar-refractivity contribution in [3.05, 3.63) is 46.2 Å². The molecule has 0 bridgehead atoms. The second-order valence-corrected chi connectivity index (χ2v) is 7.00. The Morgan fingerprint density at radius 1 is 1.22 bits per heavy atom. The zero-order valence-electron chi connectivity index (χ0n) is 16.3. The molecule has 1 fully saturated rings. The van der Waals surface area contributed by atoms with Crippen LogP contribution in [-0.2, 0) is 4.74 Å². The number of amides is 1. The number of furan rings is 1. The summed E-state index contributed by atoms with van der Waals surface area (Å²) in [5.41, 5.74) is 2.42. The molecule has 3 heterocycles. The monoisotopic (exact) mass is 373 g/mol. The van der Waals surface area contributed by atoms with E-state index in [4.69, 9.17) is 9.15 Å². The topological polar surface area (TPSA) is 87.6 Å². The van der Waals surface area contributed by atoms with Gasteiger partial charge in [0.25, 0.3) is 5.91 Å². The third-order valence-electron chi connectivity index (χ3n) is 5.05. The lowest BCUT2D eigenvalue weighted by Crippen LogP contribution is -2.43. The number of ether oxygens (including phenoxy) is 1. The molecule has 1 saturated heterocycles. The van der Waals surface area contributed by atoms with Gasteiger partial charge < -0.3 is 19.5 Å². The molecule has 0 spiro atoms. The highest BCUT2D eigenvalue weighted by molar-refractivity contribution is 6.02. The van der Waals surface area contributed by atoms with E-state index in [0.717, 1.165) is 24.6 Å². The predicted molar refractivity (Wildman–Crippen MR) is 101 cm³/mol. The molecule has 2 aromatic heterocycles. The standard InChI is InChI=1S/C20H27N3O4/c1-12-5-6-17(27-12)16(23-7-9-26-10-8-23)11-21-20(25)18-13(2)19(15(4)24)22-14(18)3/h5-6,16,22H,7-11H2,1-4H3,(H,21,25)/t16-/m0/s1. The van der Waals surface area contributed by atoms with Crippen LogP contribution in [0.25, 0.3) is 0 Å². The summed E-state index contributed by atoms with van der Waals surface area (Å²) in [5.74, 6) is 1.42. The summed E-state index contributed by atoms with van der Waals surface area (Å²) in [6.45, 7) is 10.3. The van der Waals surface area contributed by atoms with Gasteiger partial charge in [0.1, 0.15) is 11.5 Å². The fourth-order valence-corrected chi connectivity index (χ4v) is 3.65. The van der Waals surface area contributed by atoms with Crippen molar-refractivity contribution in [1.29, 1.82) is 0 Å². The van der Waals surface area contributed by atoms with Crippen molar-refractivity contribution in [2.45, 2.75) is 33.7 Å². The minimum absolute atomic E-state index is 0.0571. The maximum atomic E-state index is 12.8. The maximum absolute atomic E-state index is 12.8. The van der Waals surface area contributed by atoms with Gasteiger partial charge in [-0.3, -0.25) is 14.5 Å². The van der Waals surface area contributed by atoms with Crippen LogP contribution in [0.15, 0.2) is 16.5 Å². The van der Waals surface area contributed by atoms with Crippen LogP contribution in [0.1, 0.15) is 56.6 Å². The number of aromatic nitrogens is 1. The van der Waals surface area contributed by atoms with Gasteiger partial charge in [0.2, 0.25) is 0 Å². The number of aryl methyl sites for hydroxylation is 2. The maximum Gasteiger partial charge on any atom is 0.253 e. The van der Waals surface area contributed by atoms with Crippen molar-refractivity contribution in [2.24, 2.45) is 0 Å². The van der Waals surface area contributed by atoms with Gasteiger partial charge in [-0.05, 0) is 38.5 Å². The van der Waals surface area contributed by atoms with Crippen molar-refractivity contribution in [1.82, 2.24) is 15.2 Å². The zero-order valence-corrected chi connectivity index (χ0v) is 16.3. The van der Waals surface area contributed by atoms with Gasteiger partial charge in [0.15, 0.2) is 5.78 Å². The van der Waals surface area contributed by atoms with E-state index in [1.54, 1.807) is 6.92 Å². The summed E-state index contributed by atoms with van der Waals surface area (Å²) in [5, 5.41) is 3.03. The first-order chi connectivity index (χ1) is 12.9.